The van der Waals surface area contributed by atoms with Crippen molar-refractivity contribution in [1.29, 1.82) is 0 Å². The molecule has 0 aromatic carbocycles. The molecule has 0 amide bonds. The number of anilines is 1. The van der Waals surface area contributed by atoms with Crippen LogP contribution in [0.2, 0.25) is 0 Å². The standard InChI is InChI=1S/C21H27F3N4O4S/c1-33(29,30)16-2-3-18(25-13-16)31-11-7-15-12-17(15)14-5-9-28(10-6-14)20-26-19(32-27-20)4-8-21(22,23)24/h2-3,13-15,17H,4-12H2,1H3/t15-,17-/m1/s1. The summed E-state index contributed by atoms with van der Waals surface area (Å²) in [6.45, 7) is 2.06. The Kier molecular flexibility index (Phi) is 6.83. The van der Waals surface area contributed by atoms with Gasteiger partial charge in [-0.25, -0.2) is 13.4 Å². The van der Waals surface area contributed by atoms with E-state index in [2.05, 4.69) is 15.1 Å². The number of alkyl halides is 3. The number of rotatable bonds is 9. The lowest BCUT2D eigenvalue weighted by Crippen LogP contribution is -2.35. The van der Waals surface area contributed by atoms with Crippen molar-refractivity contribution in [2.45, 2.75) is 49.6 Å². The summed E-state index contributed by atoms with van der Waals surface area (Å²) in [5, 5.41) is 3.85. The highest BCUT2D eigenvalue weighted by atomic mass is 32.2. The van der Waals surface area contributed by atoms with Crippen molar-refractivity contribution in [3.63, 3.8) is 0 Å². The van der Waals surface area contributed by atoms with Gasteiger partial charge in [-0.15, -0.1) is 0 Å². The number of hydrogen-bond acceptors (Lipinski definition) is 8. The summed E-state index contributed by atoms with van der Waals surface area (Å²) in [7, 11) is -3.27. The van der Waals surface area contributed by atoms with Crippen LogP contribution in [0, 0.1) is 17.8 Å². The summed E-state index contributed by atoms with van der Waals surface area (Å²) in [6, 6.07) is 3.07. The third-order valence-corrected chi connectivity index (χ3v) is 7.46. The average Bonchev–Trinajstić information content (AvgIpc) is 3.37. The van der Waals surface area contributed by atoms with Gasteiger partial charge in [-0.2, -0.15) is 18.2 Å². The molecule has 0 unspecified atom stereocenters. The molecular weight excluding hydrogens is 461 g/mol. The van der Waals surface area contributed by atoms with E-state index >= 15 is 0 Å². The number of pyridine rings is 1. The summed E-state index contributed by atoms with van der Waals surface area (Å²) in [5.41, 5.74) is 0. The highest BCUT2D eigenvalue weighted by Gasteiger charge is 2.43. The fourth-order valence-electron chi connectivity index (χ4n) is 4.42. The average molecular weight is 489 g/mol. The molecule has 0 spiro atoms. The SMILES string of the molecule is CS(=O)(=O)c1ccc(OCC[C@@H]2C[C@@H]2C2CCN(c3noc(CCC(F)(F)F)n3)CC2)nc1. The number of sulfone groups is 1. The van der Waals surface area contributed by atoms with Gasteiger partial charge in [0, 0.05) is 38.0 Å². The van der Waals surface area contributed by atoms with Gasteiger partial charge in [0.25, 0.3) is 5.95 Å². The number of ether oxygens (including phenoxy) is 1. The Hall–Kier alpha value is -2.37. The second-order valence-electron chi connectivity index (χ2n) is 8.83. The first kappa shape index (κ1) is 23.8. The lowest BCUT2D eigenvalue weighted by Gasteiger charge is -2.31. The molecule has 2 atom stereocenters. The van der Waals surface area contributed by atoms with E-state index in [1.807, 2.05) is 4.90 Å². The third-order valence-electron chi connectivity index (χ3n) is 6.36. The second-order valence-corrected chi connectivity index (χ2v) is 10.8. The summed E-state index contributed by atoms with van der Waals surface area (Å²) >= 11 is 0. The van der Waals surface area contributed by atoms with Gasteiger partial charge < -0.3 is 14.2 Å². The van der Waals surface area contributed by atoms with Crippen molar-refractivity contribution in [3.8, 4) is 5.88 Å². The molecule has 1 saturated heterocycles. The zero-order valence-electron chi connectivity index (χ0n) is 18.3. The molecule has 12 heteroatoms. The first-order valence-corrected chi connectivity index (χ1v) is 12.9. The van der Waals surface area contributed by atoms with E-state index in [1.54, 1.807) is 6.07 Å². The summed E-state index contributed by atoms with van der Waals surface area (Å²) in [6.07, 6.45) is 1.01. The Labute approximate surface area is 190 Å². The van der Waals surface area contributed by atoms with Gasteiger partial charge in [-0.05, 0) is 54.7 Å². The van der Waals surface area contributed by atoms with Gasteiger partial charge >= 0.3 is 6.18 Å². The molecule has 33 heavy (non-hydrogen) atoms. The number of aromatic nitrogens is 3. The van der Waals surface area contributed by atoms with E-state index in [-0.39, 0.29) is 17.2 Å². The maximum Gasteiger partial charge on any atom is 0.389 e. The normalized spacial score (nSPS) is 21.9. The van der Waals surface area contributed by atoms with Crippen LogP contribution in [0.3, 0.4) is 0 Å². The number of aryl methyl sites for hydroxylation is 1. The van der Waals surface area contributed by atoms with E-state index < -0.39 is 22.4 Å². The quantitative estimate of drug-likeness (QED) is 0.527. The van der Waals surface area contributed by atoms with Crippen LogP contribution in [0.1, 0.15) is 38.0 Å². The Morgan fingerprint density at radius 2 is 2.00 bits per heavy atom. The van der Waals surface area contributed by atoms with Gasteiger partial charge in [0.2, 0.25) is 11.8 Å². The second kappa shape index (κ2) is 9.47. The zero-order valence-corrected chi connectivity index (χ0v) is 19.1. The maximum atomic E-state index is 12.3. The molecule has 2 fully saturated rings. The fraction of sp³-hybridized carbons (Fsp3) is 0.667. The topological polar surface area (TPSA) is 98.4 Å². The molecule has 4 rings (SSSR count). The molecule has 2 aromatic rings. The highest BCUT2D eigenvalue weighted by molar-refractivity contribution is 7.90. The Morgan fingerprint density at radius 3 is 2.64 bits per heavy atom. The number of halogens is 3. The van der Waals surface area contributed by atoms with Gasteiger partial charge in [-0.1, -0.05) is 0 Å². The van der Waals surface area contributed by atoms with E-state index in [0.717, 1.165) is 45.0 Å². The monoisotopic (exact) mass is 488 g/mol. The van der Waals surface area contributed by atoms with Crippen molar-refractivity contribution >= 4 is 15.8 Å². The molecular formula is C21H27F3N4O4S. The van der Waals surface area contributed by atoms with Crippen molar-refractivity contribution < 1.29 is 30.8 Å². The summed E-state index contributed by atoms with van der Waals surface area (Å²) in [4.78, 5) is 10.3. The van der Waals surface area contributed by atoms with E-state index in [4.69, 9.17) is 9.26 Å². The summed E-state index contributed by atoms with van der Waals surface area (Å²) < 4.78 is 70.6. The molecule has 0 N–H and O–H groups in total. The number of hydrogen-bond donors (Lipinski definition) is 0. The minimum atomic E-state index is -4.24. The molecule has 2 aliphatic rings. The Balaban J connectivity index is 1.16. The van der Waals surface area contributed by atoms with Crippen LogP contribution in [0.25, 0.3) is 0 Å². The minimum Gasteiger partial charge on any atom is -0.478 e. The van der Waals surface area contributed by atoms with Crippen molar-refractivity contribution in [2.24, 2.45) is 17.8 Å². The molecule has 3 heterocycles. The van der Waals surface area contributed by atoms with Crippen LogP contribution in [-0.4, -0.2) is 55.7 Å². The number of nitrogens with zero attached hydrogens (tertiary/aromatic N) is 4. The van der Waals surface area contributed by atoms with Gasteiger partial charge in [0.1, 0.15) is 0 Å². The van der Waals surface area contributed by atoms with E-state index in [1.165, 1.54) is 12.3 Å². The third kappa shape index (κ3) is 6.58. The van der Waals surface area contributed by atoms with E-state index in [9.17, 15) is 21.6 Å². The molecule has 8 nitrogen and oxygen atoms in total. The van der Waals surface area contributed by atoms with Crippen LogP contribution >= 0.6 is 0 Å². The predicted octanol–water partition coefficient (Wildman–Crippen LogP) is 3.68. The molecule has 2 aromatic heterocycles. The summed E-state index contributed by atoms with van der Waals surface area (Å²) in [5.74, 6) is 2.69. The fourth-order valence-corrected chi connectivity index (χ4v) is 4.98. The minimum absolute atomic E-state index is 0.0205. The van der Waals surface area contributed by atoms with Crippen LogP contribution in [0.5, 0.6) is 5.88 Å². The smallest absolute Gasteiger partial charge is 0.389 e. The Morgan fingerprint density at radius 1 is 1.24 bits per heavy atom. The number of piperidine rings is 1. The molecule has 0 bridgehead atoms. The van der Waals surface area contributed by atoms with Gasteiger partial charge in [0.15, 0.2) is 9.84 Å². The van der Waals surface area contributed by atoms with Crippen LogP contribution in [0.15, 0.2) is 27.7 Å². The maximum absolute atomic E-state index is 12.3. The van der Waals surface area contributed by atoms with Crippen molar-refractivity contribution in [1.82, 2.24) is 15.1 Å². The molecule has 1 aliphatic carbocycles. The van der Waals surface area contributed by atoms with Crippen molar-refractivity contribution in [3.05, 3.63) is 24.2 Å². The van der Waals surface area contributed by atoms with Crippen LogP contribution in [-0.2, 0) is 16.3 Å². The zero-order chi connectivity index (χ0) is 23.6. The Bertz CT molecular complexity index is 1030. The highest BCUT2D eigenvalue weighted by Crippen LogP contribution is 2.49. The predicted molar refractivity (Wildman–Crippen MR) is 113 cm³/mol. The van der Waals surface area contributed by atoms with Crippen molar-refractivity contribution in [2.75, 3.05) is 30.9 Å². The molecule has 0 radical (unpaired) electrons. The van der Waals surface area contributed by atoms with Crippen LogP contribution in [0.4, 0.5) is 19.1 Å². The molecule has 182 valence electrons. The van der Waals surface area contributed by atoms with Gasteiger partial charge in [-0.3, -0.25) is 0 Å². The lowest BCUT2D eigenvalue weighted by molar-refractivity contribution is -0.134. The lowest BCUT2D eigenvalue weighted by atomic mass is 9.90. The van der Waals surface area contributed by atoms with Gasteiger partial charge in [0.05, 0.1) is 17.9 Å². The molecule has 1 aliphatic heterocycles. The first-order valence-electron chi connectivity index (χ1n) is 11.0. The first-order chi connectivity index (χ1) is 15.6. The van der Waals surface area contributed by atoms with E-state index in [0.29, 0.717) is 36.2 Å². The molecule has 1 saturated carbocycles. The largest absolute Gasteiger partial charge is 0.478 e. The van der Waals surface area contributed by atoms with Crippen LogP contribution < -0.4 is 9.64 Å².